The zero-order chi connectivity index (χ0) is 23.8. The van der Waals surface area contributed by atoms with Crippen molar-refractivity contribution in [2.75, 3.05) is 19.5 Å². The Hall–Kier alpha value is -4.46. The number of esters is 1. The molecule has 0 unspecified atom stereocenters. The summed E-state index contributed by atoms with van der Waals surface area (Å²) in [6.45, 7) is 0. The van der Waals surface area contributed by atoms with Crippen LogP contribution in [0.15, 0.2) is 78.5 Å². The van der Waals surface area contributed by atoms with Crippen LogP contribution in [-0.2, 0) is 9.53 Å². The Bertz CT molecular complexity index is 1190. The molecule has 2 N–H and O–H groups in total. The van der Waals surface area contributed by atoms with E-state index in [2.05, 4.69) is 15.4 Å². The Morgan fingerprint density at radius 1 is 0.879 bits per heavy atom. The third kappa shape index (κ3) is 6.04. The van der Waals surface area contributed by atoms with E-state index in [4.69, 9.17) is 4.74 Å². The largest absolute Gasteiger partial charge is 0.496 e. The highest BCUT2D eigenvalue weighted by molar-refractivity contribution is 6.11. The fourth-order valence-electron chi connectivity index (χ4n) is 2.91. The van der Waals surface area contributed by atoms with E-state index in [1.807, 2.05) is 0 Å². The summed E-state index contributed by atoms with van der Waals surface area (Å²) in [5.41, 5.74) is 1.38. The molecule has 0 bridgehead atoms. The number of amides is 2. The molecule has 0 saturated heterocycles. The zero-order valence-electron chi connectivity index (χ0n) is 17.9. The minimum absolute atomic E-state index is 0.0745. The van der Waals surface area contributed by atoms with E-state index in [1.165, 1.54) is 68.8 Å². The Labute approximate surface area is 189 Å². The van der Waals surface area contributed by atoms with Gasteiger partial charge >= 0.3 is 5.97 Å². The number of nitrogens with one attached hydrogen (secondary N) is 2. The predicted octanol–water partition coefficient (Wildman–Crippen LogP) is 4.03. The summed E-state index contributed by atoms with van der Waals surface area (Å²) >= 11 is 0. The van der Waals surface area contributed by atoms with Gasteiger partial charge in [-0.05, 0) is 60.2 Å². The highest BCUT2D eigenvalue weighted by atomic mass is 19.1. The van der Waals surface area contributed by atoms with Crippen LogP contribution in [0.5, 0.6) is 5.75 Å². The summed E-state index contributed by atoms with van der Waals surface area (Å²) in [5, 5.41) is 5.26. The molecule has 0 atom stereocenters. The van der Waals surface area contributed by atoms with E-state index < -0.39 is 23.6 Å². The van der Waals surface area contributed by atoms with Crippen molar-refractivity contribution in [3.8, 4) is 5.75 Å². The lowest BCUT2D eigenvalue weighted by molar-refractivity contribution is -0.113. The number of rotatable bonds is 7. The van der Waals surface area contributed by atoms with Crippen LogP contribution < -0.4 is 15.4 Å². The maximum atomic E-state index is 13.3. The monoisotopic (exact) mass is 448 g/mol. The van der Waals surface area contributed by atoms with Crippen molar-refractivity contribution in [2.45, 2.75) is 0 Å². The van der Waals surface area contributed by atoms with Crippen LogP contribution in [0.1, 0.15) is 26.3 Å². The second-order valence-electron chi connectivity index (χ2n) is 6.79. The minimum Gasteiger partial charge on any atom is -0.496 e. The summed E-state index contributed by atoms with van der Waals surface area (Å²) in [6, 6.07) is 18.1. The molecule has 0 saturated carbocycles. The smallest absolute Gasteiger partial charge is 0.337 e. The lowest BCUT2D eigenvalue weighted by atomic mass is 10.1. The lowest BCUT2D eigenvalue weighted by Gasteiger charge is -2.13. The zero-order valence-corrected chi connectivity index (χ0v) is 17.9. The first-order chi connectivity index (χ1) is 15.9. The molecule has 0 fully saturated rings. The normalized spacial score (nSPS) is 10.8. The van der Waals surface area contributed by atoms with Crippen molar-refractivity contribution in [3.63, 3.8) is 0 Å². The van der Waals surface area contributed by atoms with Gasteiger partial charge < -0.3 is 20.1 Å². The Morgan fingerprint density at radius 3 is 2.18 bits per heavy atom. The number of carbonyl (C=O) groups excluding carboxylic acids is 3. The van der Waals surface area contributed by atoms with Crippen molar-refractivity contribution in [1.82, 2.24) is 5.32 Å². The fourth-order valence-corrected chi connectivity index (χ4v) is 2.91. The number of benzene rings is 3. The molecule has 3 aromatic carbocycles. The van der Waals surface area contributed by atoms with Crippen molar-refractivity contribution in [2.24, 2.45) is 0 Å². The van der Waals surface area contributed by atoms with Crippen LogP contribution in [0.2, 0.25) is 0 Å². The summed E-state index contributed by atoms with van der Waals surface area (Å²) in [5.74, 6) is -1.77. The number of halogens is 1. The Balaban J connectivity index is 1.88. The third-order valence-corrected chi connectivity index (χ3v) is 4.59. The van der Waals surface area contributed by atoms with Crippen molar-refractivity contribution in [1.29, 1.82) is 0 Å². The molecule has 0 aliphatic rings. The van der Waals surface area contributed by atoms with Gasteiger partial charge in [0.2, 0.25) is 0 Å². The SMILES string of the molecule is COC(=O)c1ccc(NC(=O)C(=Cc2ccc(F)cc2)NC(=O)c2ccccc2OC)cc1. The lowest BCUT2D eigenvalue weighted by Crippen LogP contribution is -2.31. The molecule has 8 heteroatoms. The average molecular weight is 448 g/mol. The molecule has 0 aromatic heterocycles. The highest BCUT2D eigenvalue weighted by Gasteiger charge is 2.18. The van der Waals surface area contributed by atoms with Gasteiger partial charge in [-0.25, -0.2) is 9.18 Å². The number of hydrogen-bond acceptors (Lipinski definition) is 5. The second kappa shape index (κ2) is 10.7. The minimum atomic E-state index is -0.617. The van der Waals surface area contributed by atoms with E-state index in [0.29, 0.717) is 22.6 Å². The van der Waals surface area contributed by atoms with Gasteiger partial charge in [0.05, 0.1) is 25.3 Å². The number of carbonyl (C=O) groups is 3. The highest BCUT2D eigenvalue weighted by Crippen LogP contribution is 2.18. The maximum absolute atomic E-state index is 13.3. The molecular formula is C25H21FN2O5. The summed E-state index contributed by atoms with van der Waals surface area (Å²) in [7, 11) is 2.71. The van der Waals surface area contributed by atoms with Gasteiger partial charge in [0.15, 0.2) is 0 Å². The van der Waals surface area contributed by atoms with E-state index in [1.54, 1.807) is 24.3 Å². The fraction of sp³-hybridized carbons (Fsp3) is 0.0800. The maximum Gasteiger partial charge on any atom is 0.337 e. The van der Waals surface area contributed by atoms with Gasteiger partial charge in [-0.15, -0.1) is 0 Å². The molecule has 0 aliphatic heterocycles. The number of para-hydroxylation sites is 1. The molecule has 33 heavy (non-hydrogen) atoms. The standard InChI is InChI=1S/C25H21FN2O5/c1-32-22-6-4-3-5-20(22)23(29)28-21(15-16-7-11-18(26)12-8-16)24(30)27-19-13-9-17(10-14-19)25(31)33-2/h3-15H,1-2H3,(H,27,30)(H,28,29). The molecule has 0 spiro atoms. The first-order valence-electron chi connectivity index (χ1n) is 9.82. The number of ether oxygens (including phenoxy) is 2. The van der Waals surface area contributed by atoms with E-state index in [9.17, 15) is 18.8 Å². The molecule has 3 rings (SSSR count). The molecule has 0 radical (unpaired) electrons. The summed E-state index contributed by atoms with van der Waals surface area (Å²) < 4.78 is 23.2. The number of methoxy groups -OCH3 is 2. The van der Waals surface area contributed by atoms with Crippen molar-refractivity contribution < 1.29 is 28.2 Å². The molecule has 0 aliphatic carbocycles. The molecule has 3 aromatic rings. The predicted molar refractivity (Wildman–Crippen MR) is 121 cm³/mol. The first-order valence-corrected chi connectivity index (χ1v) is 9.82. The van der Waals surface area contributed by atoms with Crippen LogP contribution in [0.3, 0.4) is 0 Å². The van der Waals surface area contributed by atoms with Gasteiger partial charge in [0, 0.05) is 5.69 Å². The van der Waals surface area contributed by atoms with Crippen LogP contribution in [-0.4, -0.2) is 32.0 Å². The topological polar surface area (TPSA) is 93.7 Å². The average Bonchev–Trinajstić information content (AvgIpc) is 2.84. The molecule has 2 amide bonds. The Morgan fingerprint density at radius 2 is 1.55 bits per heavy atom. The van der Waals surface area contributed by atoms with E-state index in [0.717, 1.165) is 0 Å². The van der Waals surface area contributed by atoms with E-state index >= 15 is 0 Å². The summed E-state index contributed by atoms with van der Waals surface area (Å²) in [4.78, 5) is 37.4. The van der Waals surface area contributed by atoms with Gasteiger partial charge in [-0.2, -0.15) is 0 Å². The van der Waals surface area contributed by atoms with Crippen molar-refractivity contribution in [3.05, 3.63) is 101 Å². The molecule has 7 nitrogen and oxygen atoms in total. The van der Waals surface area contributed by atoms with Gasteiger partial charge in [0.25, 0.3) is 11.8 Å². The van der Waals surface area contributed by atoms with Crippen LogP contribution in [0.25, 0.3) is 6.08 Å². The number of anilines is 1. The van der Waals surface area contributed by atoms with Gasteiger partial charge in [-0.1, -0.05) is 24.3 Å². The summed E-state index contributed by atoms with van der Waals surface area (Å²) in [6.07, 6.45) is 1.42. The molecular weight excluding hydrogens is 427 g/mol. The Kier molecular flexibility index (Phi) is 7.54. The number of hydrogen-bond donors (Lipinski definition) is 2. The van der Waals surface area contributed by atoms with Crippen LogP contribution in [0.4, 0.5) is 10.1 Å². The van der Waals surface area contributed by atoms with Crippen LogP contribution in [0, 0.1) is 5.82 Å². The third-order valence-electron chi connectivity index (χ3n) is 4.59. The van der Waals surface area contributed by atoms with Crippen LogP contribution >= 0.6 is 0 Å². The van der Waals surface area contributed by atoms with Crippen molar-refractivity contribution >= 4 is 29.5 Å². The molecule has 168 valence electrons. The molecule has 0 heterocycles. The first kappa shape index (κ1) is 23.2. The second-order valence-corrected chi connectivity index (χ2v) is 6.79. The van der Waals surface area contributed by atoms with Gasteiger partial charge in [-0.3, -0.25) is 9.59 Å². The van der Waals surface area contributed by atoms with Gasteiger partial charge in [0.1, 0.15) is 17.3 Å². The van der Waals surface area contributed by atoms with E-state index in [-0.39, 0.29) is 11.3 Å². The quantitative estimate of drug-likeness (QED) is 0.421.